The van der Waals surface area contributed by atoms with Gasteiger partial charge in [0.05, 0.1) is 17.3 Å². The number of nitrogens with zero attached hydrogens (tertiary/aromatic N) is 3. The third kappa shape index (κ3) is 12.4. The van der Waals surface area contributed by atoms with Crippen LogP contribution in [0.15, 0.2) is 48.8 Å². The highest BCUT2D eigenvalue weighted by Crippen LogP contribution is 2.41. The van der Waals surface area contributed by atoms with Crippen LogP contribution in [0.5, 0.6) is 0 Å². The van der Waals surface area contributed by atoms with Gasteiger partial charge in [-0.3, -0.25) is 9.78 Å². The van der Waals surface area contributed by atoms with E-state index in [9.17, 15) is 18.7 Å². The van der Waals surface area contributed by atoms with Gasteiger partial charge >= 0.3 is 5.97 Å². The highest BCUT2D eigenvalue weighted by atomic mass is 19.3. The van der Waals surface area contributed by atoms with Gasteiger partial charge in [0.15, 0.2) is 0 Å². The molecule has 1 saturated carbocycles. The number of anilines is 2. The largest absolute Gasteiger partial charge is 0.384 e. The number of aliphatic hydroxyl groups is 1. The number of nitrogens with one attached hydrogen (secondary N) is 2. The molecule has 50 heavy (non-hydrogen) atoms. The maximum atomic E-state index is 13.1. The number of hydroxylamine groups is 1. The summed E-state index contributed by atoms with van der Waals surface area (Å²) in [4.78, 5) is 31.5. The van der Waals surface area contributed by atoms with E-state index in [0.717, 1.165) is 24.0 Å². The fraction of sp³-hybridized carbons (Fsp3) is 0.600. The molecule has 0 saturated heterocycles. The van der Waals surface area contributed by atoms with Gasteiger partial charge in [-0.05, 0) is 93.8 Å². The van der Waals surface area contributed by atoms with Crippen molar-refractivity contribution >= 4 is 17.6 Å². The van der Waals surface area contributed by atoms with Crippen molar-refractivity contribution in [2.75, 3.05) is 11.9 Å². The average Bonchev–Trinajstić information content (AvgIpc) is 3.11. The fourth-order valence-electron chi connectivity index (χ4n) is 6.85. The quantitative estimate of drug-likeness (QED) is 0.0747. The molecule has 0 unspecified atom stereocenters. The maximum Gasteiger partial charge on any atom is 0.327 e. The summed E-state index contributed by atoms with van der Waals surface area (Å²) in [6, 6.07) is 10.0. The highest BCUT2D eigenvalue weighted by Gasteiger charge is 2.39. The van der Waals surface area contributed by atoms with E-state index >= 15 is 0 Å². The van der Waals surface area contributed by atoms with Crippen molar-refractivity contribution in [3.8, 4) is 11.3 Å². The van der Waals surface area contributed by atoms with Gasteiger partial charge in [-0.15, -0.1) is 0 Å². The molecule has 4 rings (SSSR count). The van der Waals surface area contributed by atoms with Gasteiger partial charge in [-0.1, -0.05) is 77.6 Å². The van der Waals surface area contributed by atoms with Gasteiger partial charge in [0.2, 0.25) is 0 Å². The molecule has 1 aliphatic rings. The second kappa shape index (κ2) is 20.4. The van der Waals surface area contributed by atoms with Gasteiger partial charge < -0.3 is 15.3 Å². The second-order valence-corrected chi connectivity index (χ2v) is 14.1. The normalized spacial score (nSPS) is 17.4. The molecule has 1 atom stereocenters. The number of carbonyl (C=O) groups excluding carboxylic acids is 1. The second-order valence-electron chi connectivity index (χ2n) is 14.1. The van der Waals surface area contributed by atoms with E-state index in [2.05, 4.69) is 32.7 Å². The first-order valence-electron chi connectivity index (χ1n) is 18.8. The zero-order chi connectivity index (χ0) is 35.8. The first-order valence-corrected chi connectivity index (χ1v) is 18.8. The summed E-state index contributed by atoms with van der Waals surface area (Å²) in [5, 5.41) is 14.6. The molecule has 0 aromatic carbocycles. The van der Waals surface area contributed by atoms with E-state index in [-0.39, 0.29) is 29.2 Å². The molecule has 3 aromatic rings. The van der Waals surface area contributed by atoms with E-state index in [1.54, 1.807) is 13.1 Å². The molecule has 10 heteroatoms. The highest BCUT2D eigenvalue weighted by molar-refractivity contribution is 5.72. The number of hydrogen-bond acceptors (Lipinski definition) is 8. The Hall–Kier alpha value is -3.50. The van der Waals surface area contributed by atoms with Crippen LogP contribution in [0.3, 0.4) is 0 Å². The number of carbonyl (C=O) groups is 1. The van der Waals surface area contributed by atoms with Crippen molar-refractivity contribution in [3.05, 3.63) is 65.6 Å². The summed E-state index contributed by atoms with van der Waals surface area (Å²) in [5.74, 6) is 0.343. The lowest BCUT2D eigenvalue weighted by molar-refractivity contribution is -0.158. The van der Waals surface area contributed by atoms with Gasteiger partial charge in [-0.25, -0.2) is 18.7 Å². The van der Waals surface area contributed by atoms with Crippen LogP contribution in [-0.4, -0.2) is 32.6 Å². The van der Waals surface area contributed by atoms with Crippen LogP contribution in [0.1, 0.15) is 140 Å². The monoisotopic (exact) mass is 693 g/mol. The lowest BCUT2D eigenvalue weighted by atomic mass is 9.73. The molecule has 1 aliphatic carbocycles. The lowest BCUT2D eigenvalue weighted by Gasteiger charge is -2.37. The molecule has 274 valence electrons. The number of unbranched alkanes of at least 4 members (excludes halogenated alkanes) is 11. The number of aromatic nitrogens is 3. The standard InChI is InChI=1S/C40H57F2N5O3/c1-4-5-6-7-8-9-10-11-12-13-14-15-23-45-50-39(48)30-16-19-33(20-17-30)40(3,49)35-21-18-32(28-44-35)34-25-29(2)26-37(46-34)47-36-27-31(38(41)42)22-24-43-36/h18,21-22,24-28,30,33,38,45,49H,4-17,19-20,23H2,1-3H3,(H,43,46,47)/t30?,33?,40-/m1/s1. The summed E-state index contributed by atoms with van der Waals surface area (Å²) in [7, 11) is 0. The van der Waals surface area contributed by atoms with Gasteiger partial charge in [0.25, 0.3) is 6.43 Å². The van der Waals surface area contributed by atoms with Crippen LogP contribution in [0.4, 0.5) is 20.4 Å². The molecule has 1 fully saturated rings. The zero-order valence-corrected chi connectivity index (χ0v) is 30.2. The molecule has 0 amide bonds. The summed E-state index contributed by atoms with van der Waals surface area (Å²) in [6.07, 6.45) is 18.7. The molecular weight excluding hydrogens is 636 g/mol. The number of aryl methyl sites for hydroxylation is 1. The Balaban J connectivity index is 1.16. The van der Waals surface area contributed by atoms with Crippen molar-refractivity contribution < 1.29 is 23.5 Å². The molecule has 3 N–H and O–H groups in total. The van der Waals surface area contributed by atoms with Crippen molar-refractivity contribution in [1.82, 2.24) is 20.4 Å². The van der Waals surface area contributed by atoms with Crippen LogP contribution in [0, 0.1) is 18.8 Å². The number of alkyl halides is 2. The minimum Gasteiger partial charge on any atom is -0.384 e. The first kappa shape index (κ1) is 39.3. The molecule has 8 nitrogen and oxygen atoms in total. The first-order chi connectivity index (χ1) is 24.2. The Bertz CT molecular complexity index is 1450. The molecule has 3 heterocycles. The van der Waals surface area contributed by atoms with E-state index in [1.807, 2.05) is 31.2 Å². The summed E-state index contributed by atoms with van der Waals surface area (Å²) < 4.78 is 26.3. The predicted molar refractivity (Wildman–Crippen MR) is 195 cm³/mol. The minimum atomic E-state index is -2.59. The van der Waals surface area contributed by atoms with Gasteiger partial charge in [-0.2, -0.15) is 5.48 Å². The Morgan fingerprint density at radius 3 is 2.18 bits per heavy atom. The van der Waals surface area contributed by atoms with Crippen LogP contribution in [0.25, 0.3) is 11.3 Å². The summed E-state index contributed by atoms with van der Waals surface area (Å²) >= 11 is 0. The Morgan fingerprint density at radius 2 is 1.56 bits per heavy atom. The number of rotatable bonds is 21. The third-order valence-electron chi connectivity index (χ3n) is 10.0. The molecule has 0 radical (unpaired) electrons. The number of halogens is 2. The molecular formula is C40H57F2N5O3. The summed E-state index contributed by atoms with van der Waals surface area (Å²) in [6.45, 7) is 6.65. The number of pyridine rings is 3. The van der Waals surface area contributed by atoms with E-state index in [1.165, 1.54) is 82.5 Å². The maximum absolute atomic E-state index is 13.1. The molecule has 0 aliphatic heterocycles. The minimum absolute atomic E-state index is 0.0386. The van der Waals surface area contributed by atoms with Crippen LogP contribution >= 0.6 is 0 Å². The molecule has 0 bridgehead atoms. The Labute approximate surface area is 297 Å². The van der Waals surface area contributed by atoms with E-state index < -0.39 is 12.0 Å². The Kier molecular flexibility index (Phi) is 16.0. The van der Waals surface area contributed by atoms with E-state index in [0.29, 0.717) is 49.4 Å². The van der Waals surface area contributed by atoms with Crippen molar-refractivity contribution in [2.45, 2.75) is 136 Å². The van der Waals surface area contributed by atoms with Crippen LogP contribution in [0.2, 0.25) is 0 Å². The molecule has 3 aromatic heterocycles. The summed E-state index contributed by atoms with van der Waals surface area (Å²) in [5.41, 5.74) is 4.51. The Morgan fingerprint density at radius 1 is 0.900 bits per heavy atom. The average molecular weight is 694 g/mol. The third-order valence-corrected chi connectivity index (χ3v) is 10.0. The fourth-order valence-corrected chi connectivity index (χ4v) is 6.85. The van der Waals surface area contributed by atoms with Crippen molar-refractivity contribution in [2.24, 2.45) is 11.8 Å². The predicted octanol–water partition coefficient (Wildman–Crippen LogP) is 10.3. The smallest absolute Gasteiger partial charge is 0.327 e. The van der Waals surface area contributed by atoms with Crippen molar-refractivity contribution in [1.29, 1.82) is 0 Å². The van der Waals surface area contributed by atoms with Gasteiger partial charge in [0.1, 0.15) is 17.2 Å². The number of hydrogen-bond donors (Lipinski definition) is 3. The van der Waals surface area contributed by atoms with Gasteiger partial charge in [0, 0.05) is 30.1 Å². The van der Waals surface area contributed by atoms with E-state index in [4.69, 9.17) is 4.84 Å². The SMILES string of the molecule is CCCCCCCCCCCCCCNOC(=O)C1CCC([C@@](C)(O)c2ccc(-c3cc(C)cc(Nc4cc(C(F)F)ccn4)n3)cn2)CC1. The molecule has 0 spiro atoms. The van der Waals surface area contributed by atoms with Crippen molar-refractivity contribution in [3.63, 3.8) is 0 Å². The topological polar surface area (TPSA) is 109 Å². The zero-order valence-electron chi connectivity index (χ0n) is 30.2. The lowest BCUT2D eigenvalue weighted by Crippen LogP contribution is -2.37. The van der Waals surface area contributed by atoms with Crippen LogP contribution in [-0.2, 0) is 15.2 Å². The van der Waals surface area contributed by atoms with Crippen LogP contribution < -0.4 is 10.8 Å².